The third-order valence-corrected chi connectivity index (χ3v) is 0.733. The van der Waals surface area contributed by atoms with Crippen LogP contribution in [0.3, 0.4) is 0 Å². The van der Waals surface area contributed by atoms with Gasteiger partial charge in [-0.05, 0) is 31.6 Å². The van der Waals surface area contributed by atoms with Gasteiger partial charge in [-0.15, -0.1) is 0 Å². The average molecular weight is 152 g/mol. The lowest BCUT2D eigenvalue weighted by Gasteiger charge is -1.74. The van der Waals surface area contributed by atoms with Crippen molar-refractivity contribution in [2.75, 3.05) is 0 Å². The van der Waals surface area contributed by atoms with Gasteiger partial charge in [0.1, 0.15) is 0 Å². The Morgan fingerprint density at radius 2 is 1.55 bits per heavy atom. The molecule has 0 amide bonds. The Kier molecular flexibility index (Phi) is 1.91. The van der Waals surface area contributed by atoms with Gasteiger partial charge in [-0.3, -0.25) is 0 Å². The highest BCUT2D eigenvalue weighted by Crippen LogP contribution is 2.22. The van der Waals surface area contributed by atoms with Crippen molar-refractivity contribution in [1.82, 2.24) is 10.3 Å². The van der Waals surface area contributed by atoms with Crippen LogP contribution in [0.2, 0.25) is 0 Å². The molecular formula is C2N8O. The Bertz CT molecular complexity index is 306. The van der Waals surface area contributed by atoms with Crippen LogP contribution in [0.4, 0.5) is 11.6 Å². The summed E-state index contributed by atoms with van der Waals surface area (Å²) in [5, 5.41) is 12.4. The molecule has 0 aliphatic heterocycles. The van der Waals surface area contributed by atoms with Gasteiger partial charge in [0.15, 0.2) is 0 Å². The van der Waals surface area contributed by atoms with E-state index in [1.54, 1.807) is 0 Å². The van der Waals surface area contributed by atoms with Crippen molar-refractivity contribution >= 4 is 11.6 Å². The SMILES string of the molecule is [N-]=[N+]=Nc1nonc1N=[N+]=[N-]. The summed E-state index contributed by atoms with van der Waals surface area (Å²) in [7, 11) is 0. The molecule has 1 aromatic rings. The van der Waals surface area contributed by atoms with Crippen LogP contribution in [0.5, 0.6) is 0 Å². The molecule has 1 rings (SSSR count). The fourth-order valence-corrected chi connectivity index (χ4v) is 0.390. The van der Waals surface area contributed by atoms with Crippen molar-refractivity contribution in [3.05, 3.63) is 20.9 Å². The van der Waals surface area contributed by atoms with Crippen molar-refractivity contribution < 1.29 is 4.63 Å². The third kappa shape index (κ3) is 1.36. The molecule has 0 radical (unpaired) electrons. The lowest BCUT2D eigenvalue weighted by Crippen LogP contribution is -1.58. The van der Waals surface area contributed by atoms with Crippen molar-refractivity contribution in [2.24, 2.45) is 10.2 Å². The summed E-state index contributed by atoms with van der Waals surface area (Å²) >= 11 is 0. The summed E-state index contributed by atoms with van der Waals surface area (Å²) in [6, 6.07) is 0. The van der Waals surface area contributed by atoms with Gasteiger partial charge in [0, 0.05) is 9.82 Å². The standard InChI is InChI=1S/C2N8O/c3-9-5-1-2(6-10-4)8-11-7-1. The number of azide groups is 2. The molecule has 0 saturated heterocycles. The van der Waals surface area contributed by atoms with Crippen LogP contribution < -0.4 is 0 Å². The Hall–Kier alpha value is -2.24. The molecule has 54 valence electrons. The zero-order valence-electron chi connectivity index (χ0n) is 4.99. The van der Waals surface area contributed by atoms with E-state index >= 15 is 0 Å². The maximum absolute atomic E-state index is 7.94. The van der Waals surface area contributed by atoms with Gasteiger partial charge < -0.3 is 0 Å². The molecule has 11 heavy (non-hydrogen) atoms. The number of rotatable bonds is 2. The topological polar surface area (TPSA) is 136 Å². The number of hydrogen-bond donors (Lipinski definition) is 0. The molecule has 0 bridgehead atoms. The van der Waals surface area contributed by atoms with Gasteiger partial charge in [-0.2, -0.15) is 0 Å². The second kappa shape index (κ2) is 3.06. The number of aromatic nitrogens is 2. The van der Waals surface area contributed by atoms with E-state index in [4.69, 9.17) is 11.1 Å². The lowest BCUT2D eigenvalue weighted by atomic mass is 10.7. The largest absolute Gasteiger partial charge is 0.244 e. The minimum Gasteiger partial charge on any atom is -0.244 e. The maximum atomic E-state index is 7.94. The van der Waals surface area contributed by atoms with Crippen LogP contribution in [-0.2, 0) is 0 Å². The van der Waals surface area contributed by atoms with Crippen LogP contribution in [0.1, 0.15) is 0 Å². The molecule has 0 saturated carbocycles. The van der Waals surface area contributed by atoms with Crippen LogP contribution in [0.15, 0.2) is 14.9 Å². The van der Waals surface area contributed by atoms with Gasteiger partial charge in [0.25, 0.3) is 0 Å². The Balaban J connectivity index is 3.14. The van der Waals surface area contributed by atoms with Gasteiger partial charge in [0.2, 0.25) is 11.6 Å². The first-order chi connectivity index (χ1) is 5.38. The molecule has 0 aromatic carbocycles. The molecule has 0 aliphatic rings. The molecule has 0 N–H and O–H groups in total. The highest BCUT2D eigenvalue weighted by atomic mass is 16.6. The Labute approximate surface area is 58.8 Å². The molecular weight excluding hydrogens is 152 g/mol. The normalized spacial score (nSPS) is 8.00. The third-order valence-electron chi connectivity index (χ3n) is 0.733. The van der Waals surface area contributed by atoms with E-state index < -0.39 is 0 Å². The first-order valence-corrected chi connectivity index (χ1v) is 2.31. The Morgan fingerprint density at radius 3 is 1.91 bits per heavy atom. The van der Waals surface area contributed by atoms with E-state index in [1.165, 1.54) is 0 Å². The molecule has 0 atom stereocenters. The predicted octanol–water partition coefficient (Wildman–Crippen LogP) is 1.95. The van der Waals surface area contributed by atoms with Crippen LogP contribution in [0, 0.1) is 0 Å². The molecule has 0 fully saturated rings. The zero-order chi connectivity index (χ0) is 8.10. The van der Waals surface area contributed by atoms with Gasteiger partial charge in [-0.25, -0.2) is 4.63 Å². The molecule has 0 spiro atoms. The van der Waals surface area contributed by atoms with Crippen LogP contribution in [0.25, 0.3) is 20.9 Å². The second-order valence-corrected chi connectivity index (χ2v) is 1.29. The van der Waals surface area contributed by atoms with E-state index in [2.05, 4.69) is 35.0 Å². The van der Waals surface area contributed by atoms with Crippen molar-refractivity contribution in [3.63, 3.8) is 0 Å². The molecule has 0 aliphatic carbocycles. The summed E-state index contributed by atoms with van der Waals surface area (Å²) in [5.74, 6) is -0.351. The van der Waals surface area contributed by atoms with Gasteiger partial charge >= 0.3 is 0 Å². The van der Waals surface area contributed by atoms with Crippen molar-refractivity contribution in [2.45, 2.75) is 0 Å². The van der Waals surface area contributed by atoms with Crippen molar-refractivity contribution in [1.29, 1.82) is 0 Å². The predicted molar refractivity (Wildman–Crippen MR) is 31.9 cm³/mol. The highest BCUT2D eigenvalue weighted by molar-refractivity contribution is 5.47. The first kappa shape index (κ1) is 6.87. The highest BCUT2D eigenvalue weighted by Gasteiger charge is 2.03. The van der Waals surface area contributed by atoms with E-state index in [0.717, 1.165) is 0 Å². The minimum atomic E-state index is -0.176. The van der Waals surface area contributed by atoms with E-state index in [9.17, 15) is 0 Å². The zero-order valence-corrected chi connectivity index (χ0v) is 4.99. The van der Waals surface area contributed by atoms with Crippen molar-refractivity contribution in [3.8, 4) is 0 Å². The molecule has 0 unspecified atom stereocenters. The number of hydrogen-bond acceptors (Lipinski definition) is 5. The summed E-state index contributed by atoms with van der Waals surface area (Å²) in [6.45, 7) is 0. The monoisotopic (exact) mass is 152 g/mol. The molecule has 1 heterocycles. The average Bonchev–Trinajstić information content (AvgIpc) is 2.39. The molecule has 9 heteroatoms. The summed E-state index contributed by atoms with van der Waals surface area (Å²) in [4.78, 5) is 4.80. The minimum absolute atomic E-state index is 0.176. The van der Waals surface area contributed by atoms with Gasteiger partial charge in [-0.1, -0.05) is 0 Å². The maximum Gasteiger partial charge on any atom is 0.200 e. The summed E-state index contributed by atoms with van der Waals surface area (Å²) in [5.41, 5.74) is 15.9. The number of nitrogens with zero attached hydrogens (tertiary/aromatic N) is 8. The smallest absolute Gasteiger partial charge is 0.200 e. The second-order valence-electron chi connectivity index (χ2n) is 1.29. The molecule has 9 nitrogen and oxygen atoms in total. The lowest BCUT2D eigenvalue weighted by molar-refractivity contribution is 0.309. The fraction of sp³-hybridized carbons (Fsp3) is 0. The fourth-order valence-electron chi connectivity index (χ4n) is 0.390. The van der Waals surface area contributed by atoms with Crippen LogP contribution in [-0.4, -0.2) is 10.3 Å². The Morgan fingerprint density at radius 1 is 1.09 bits per heavy atom. The van der Waals surface area contributed by atoms with Gasteiger partial charge in [0.05, 0.1) is 0 Å². The quantitative estimate of drug-likeness (QED) is 0.363. The van der Waals surface area contributed by atoms with E-state index in [1.807, 2.05) is 0 Å². The first-order valence-electron chi connectivity index (χ1n) is 2.31. The van der Waals surface area contributed by atoms with Crippen LogP contribution >= 0.6 is 0 Å². The molecule has 1 aromatic heterocycles. The van der Waals surface area contributed by atoms with E-state index in [-0.39, 0.29) is 11.6 Å². The summed E-state index contributed by atoms with van der Waals surface area (Å²) < 4.78 is 4.12. The van der Waals surface area contributed by atoms with E-state index in [0.29, 0.717) is 0 Å². The summed E-state index contributed by atoms with van der Waals surface area (Å²) in [6.07, 6.45) is 0.